The maximum atomic E-state index is 12.0. The van der Waals surface area contributed by atoms with Crippen LogP contribution in [0.15, 0.2) is 0 Å². The van der Waals surface area contributed by atoms with E-state index in [4.69, 9.17) is 11.5 Å². The molecule has 3 unspecified atom stereocenters. The first-order valence-corrected chi connectivity index (χ1v) is 6.20. The van der Waals surface area contributed by atoms with Gasteiger partial charge in [-0.1, -0.05) is 6.92 Å². The molecule has 0 aromatic rings. The number of piperidine rings is 1. The quantitative estimate of drug-likeness (QED) is 0.744. The molecule has 1 heterocycles. The number of carboxylic acid groups (broad SMARTS) is 1. The van der Waals surface area contributed by atoms with Gasteiger partial charge in [0.1, 0.15) is 6.04 Å². The summed E-state index contributed by atoms with van der Waals surface area (Å²) in [5.74, 6) is 1.60. The molecule has 0 bridgehead atoms. The lowest BCUT2D eigenvalue weighted by Crippen LogP contribution is -2.54. The molecule has 0 aliphatic carbocycles. The van der Waals surface area contributed by atoms with Crippen LogP contribution in [0.1, 0.15) is 33.1 Å². The van der Waals surface area contributed by atoms with Gasteiger partial charge in [0.25, 0.3) is 0 Å². The second-order valence-corrected chi connectivity index (χ2v) is 4.80. The molecule has 5 nitrogen and oxygen atoms in total. The molecule has 1 aliphatic heterocycles. The fraction of sp³-hybridized carbons (Fsp3) is 0.692. The number of carbonyl (C=O) groups excluding carboxylic acids is 1. The van der Waals surface area contributed by atoms with E-state index in [-0.39, 0.29) is 18.5 Å². The summed E-state index contributed by atoms with van der Waals surface area (Å²) in [6.45, 7) is 4.75. The molecular formula is C13H20N2O3. The maximum absolute atomic E-state index is 12.0. The van der Waals surface area contributed by atoms with E-state index in [1.54, 1.807) is 4.90 Å². The number of nitrogens with one attached hydrogen (secondary N) is 1. The van der Waals surface area contributed by atoms with Crippen LogP contribution in [-0.4, -0.2) is 40.6 Å². The molecule has 2 N–H and O–H groups in total. The van der Waals surface area contributed by atoms with Crippen molar-refractivity contribution in [2.75, 3.05) is 6.54 Å². The second kappa shape index (κ2) is 6.29. The van der Waals surface area contributed by atoms with Gasteiger partial charge in [0.15, 0.2) is 0 Å². The standard InChI is InChI=1S/C13H20N2O3/c1-4-6-11(12(16)17)14-13(18)15-8-5-7-9(2)10(15)3/h1,9-11H,5-8H2,2-3H3,(H,14,18)(H,16,17). The van der Waals surface area contributed by atoms with E-state index >= 15 is 0 Å². The number of hydrogen-bond donors (Lipinski definition) is 2. The average Bonchev–Trinajstić information content (AvgIpc) is 2.31. The fourth-order valence-electron chi connectivity index (χ4n) is 2.17. The highest BCUT2D eigenvalue weighted by Gasteiger charge is 2.30. The first-order valence-electron chi connectivity index (χ1n) is 6.20. The molecule has 100 valence electrons. The highest BCUT2D eigenvalue weighted by molar-refractivity contribution is 5.83. The van der Waals surface area contributed by atoms with Crippen molar-refractivity contribution in [1.82, 2.24) is 10.2 Å². The van der Waals surface area contributed by atoms with E-state index in [2.05, 4.69) is 18.2 Å². The third-order valence-electron chi connectivity index (χ3n) is 3.55. The second-order valence-electron chi connectivity index (χ2n) is 4.80. The first kappa shape index (κ1) is 14.4. The van der Waals surface area contributed by atoms with E-state index < -0.39 is 12.0 Å². The number of urea groups is 1. The highest BCUT2D eigenvalue weighted by Crippen LogP contribution is 2.22. The first-order chi connectivity index (χ1) is 8.47. The minimum absolute atomic E-state index is 0.00114. The molecule has 0 aromatic carbocycles. The average molecular weight is 252 g/mol. The zero-order valence-electron chi connectivity index (χ0n) is 10.8. The summed E-state index contributed by atoms with van der Waals surface area (Å²) < 4.78 is 0. The van der Waals surface area contributed by atoms with Gasteiger partial charge in [-0.25, -0.2) is 9.59 Å². The molecule has 0 radical (unpaired) electrons. The van der Waals surface area contributed by atoms with E-state index in [0.29, 0.717) is 12.5 Å². The van der Waals surface area contributed by atoms with Crippen molar-refractivity contribution in [3.63, 3.8) is 0 Å². The topological polar surface area (TPSA) is 69.6 Å². The molecule has 0 spiro atoms. The van der Waals surface area contributed by atoms with E-state index in [1.165, 1.54) is 0 Å². The van der Waals surface area contributed by atoms with Crippen LogP contribution in [0.2, 0.25) is 0 Å². The number of terminal acetylenes is 1. The smallest absolute Gasteiger partial charge is 0.327 e. The van der Waals surface area contributed by atoms with Gasteiger partial charge in [0.2, 0.25) is 0 Å². The predicted molar refractivity (Wildman–Crippen MR) is 68.0 cm³/mol. The molecule has 1 saturated heterocycles. The highest BCUT2D eigenvalue weighted by atomic mass is 16.4. The molecule has 5 heteroatoms. The Morgan fingerprint density at radius 1 is 1.56 bits per heavy atom. The number of nitrogens with zero attached hydrogens (tertiary/aromatic N) is 1. The third kappa shape index (κ3) is 3.39. The lowest BCUT2D eigenvalue weighted by atomic mass is 9.92. The maximum Gasteiger partial charge on any atom is 0.327 e. The van der Waals surface area contributed by atoms with Gasteiger partial charge in [0.05, 0.1) is 0 Å². The Bertz CT molecular complexity index is 362. The van der Waals surface area contributed by atoms with Crippen LogP contribution in [0.5, 0.6) is 0 Å². The lowest BCUT2D eigenvalue weighted by Gasteiger charge is -2.38. The van der Waals surface area contributed by atoms with Gasteiger partial charge in [-0.05, 0) is 25.7 Å². The van der Waals surface area contributed by atoms with Crippen LogP contribution in [0, 0.1) is 18.3 Å². The molecule has 1 rings (SSSR count). The van der Waals surface area contributed by atoms with E-state index in [1.807, 2.05) is 6.92 Å². The molecule has 0 saturated carbocycles. The summed E-state index contributed by atoms with van der Waals surface area (Å²) in [6, 6.07) is -1.22. The summed E-state index contributed by atoms with van der Waals surface area (Å²) in [5.41, 5.74) is 0. The largest absolute Gasteiger partial charge is 0.480 e. The summed E-state index contributed by atoms with van der Waals surface area (Å²) in [6.07, 6.45) is 7.14. The molecule has 3 atom stereocenters. The van der Waals surface area contributed by atoms with Crippen LogP contribution in [0.3, 0.4) is 0 Å². The zero-order valence-corrected chi connectivity index (χ0v) is 10.8. The summed E-state index contributed by atoms with van der Waals surface area (Å²) in [4.78, 5) is 24.6. The van der Waals surface area contributed by atoms with Gasteiger partial charge in [-0.15, -0.1) is 12.3 Å². The minimum atomic E-state index is -1.10. The zero-order chi connectivity index (χ0) is 13.7. The number of aliphatic carboxylic acids is 1. The van der Waals surface area contributed by atoms with Gasteiger partial charge in [-0.3, -0.25) is 0 Å². The number of hydrogen-bond acceptors (Lipinski definition) is 2. The van der Waals surface area contributed by atoms with E-state index in [0.717, 1.165) is 12.8 Å². The fourth-order valence-corrected chi connectivity index (χ4v) is 2.17. The van der Waals surface area contributed by atoms with Crippen molar-refractivity contribution < 1.29 is 14.7 Å². The van der Waals surface area contributed by atoms with E-state index in [9.17, 15) is 9.59 Å². The van der Waals surface area contributed by atoms with Crippen molar-refractivity contribution in [2.24, 2.45) is 5.92 Å². The normalized spacial score (nSPS) is 25.1. The Kier molecular flexibility index (Phi) is 5.02. The Balaban J connectivity index is 2.63. The van der Waals surface area contributed by atoms with Crippen molar-refractivity contribution in [2.45, 2.75) is 45.2 Å². The van der Waals surface area contributed by atoms with Gasteiger partial charge in [0, 0.05) is 19.0 Å². The monoisotopic (exact) mass is 252 g/mol. The Morgan fingerprint density at radius 3 is 2.78 bits per heavy atom. The van der Waals surface area contributed by atoms with Crippen LogP contribution in [0.25, 0.3) is 0 Å². The number of carbonyl (C=O) groups is 2. The SMILES string of the molecule is C#CCC(NC(=O)N1CCCC(C)C1C)C(=O)O. The number of likely N-dealkylation sites (tertiary alicyclic amines) is 1. The van der Waals surface area contributed by atoms with Crippen LogP contribution < -0.4 is 5.32 Å². The number of rotatable bonds is 3. The Hall–Kier alpha value is -1.70. The van der Waals surface area contributed by atoms with Crippen LogP contribution in [-0.2, 0) is 4.79 Å². The van der Waals surface area contributed by atoms with Crippen molar-refractivity contribution in [3.05, 3.63) is 0 Å². The third-order valence-corrected chi connectivity index (χ3v) is 3.55. The van der Waals surface area contributed by atoms with Crippen molar-refractivity contribution in [1.29, 1.82) is 0 Å². The Labute approximate surface area is 108 Å². The summed E-state index contributed by atoms with van der Waals surface area (Å²) in [7, 11) is 0. The molecular weight excluding hydrogens is 232 g/mol. The van der Waals surface area contributed by atoms with Gasteiger partial charge >= 0.3 is 12.0 Å². The molecule has 1 fully saturated rings. The lowest BCUT2D eigenvalue weighted by molar-refractivity contribution is -0.139. The predicted octanol–water partition coefficient (Wildman–Crippen LogP) is 1.29. The molecule has 0 aromatic heterocycles. The van der Waals surface area contributed by atoms with Crippen LogP contribution >= 0.6 is 0 Å². The van der Waals surface area contributed by atoms with Crippen molar-refractivity contribution in [3.8, 4) is 12.3 Å². The minimum Gasteiger partial charge on any atom is -0.480 e. The van der Waals surface area contributed by atoms with Crippen molar-refractivity contribution >= 4 is 12.0 Å². The number of amides is 2. The summed E-state index contributed by atoms with van der Waals surface area (Å²) in [5, 5.41) is 11.4. The molecule has 2 amide bonds. The Morgan fingerprint density at radius 2 is 2.22 bits per heavy atom. The molecule has 18 heavy (non-hydrogen) atoms. The van der Waals surface area contributed by atoms with Crippen LogP contribution in [0.4, 0.5) is 4.79 Å². The van der Waals surface area contributed by atoms with Gasteiger partial charge in [-0.2, -0.15) is 0 Å². The number of carboxylic acids is 1. The summed E-state index contributed by atoms with van der Waals surface area (Å²) >= 11 is 0. The molecule has 1 aliphatic rings. The van der Waals surface area contributed by atoms with Gasteiger partial charge < -0.3 is 15.3 Å².